The van der Waals surface area contributed by atoms with Gasteiger partial charge >= 0.3 is 0 Å². The van der Waals surface area contributed by atoms with Crippen LogP contribution in [0.5, 0.6) is 5.75 Å². The van der Waals surface area contributed by atoms with E-state index in [1.165, 1.54) is 24.8 Å². The van der Waals surface area contributed by atoms with E-state index < -0.39 is 0 Å². The molecule has 1 heterocycles. The molecule has 2 nitrogen and oxygen atoms in total. The summed E-state index contributed by atoms with van der Waals surface area (Å²) < 4.78 is 0. The van der Waals surface area contributed by atoms with Crippen molar-refractivity contribution in [2.75, 3.05) is 13.1 Å². The van der Waals surface area contributed by atoms with Crippen molar-refractivity contribution in [3.8, 4) is 5.75 Å². The second-order valence-electron chi connectivity index (χ2n) is 5.83. The van der Waals surface area contributed by atoms with Gasteiger partial charge in [0.2, 0.25) is 0 Å². The number of para-hydroxylation sites is 1. The van der Waals surface area contributed by atoms with Crippen molar-refractivity contribution in [3.05, 3.63) is 29.8 Å². The Kier molecular flexibility index (Phi) is 3.72. The molecule has 0 radical (unpaired) electrons. The zero-order chi connectivity index (χ0) is 12.3. The standard InChI is InChI=1S/C15H23NO/c1-15(2,3)13-9-5-6-10-14(13)17-16-11-7-4-8-12-16/h5-6,9-10H,4,7-8,11-12H2,1-3H3. The fourth-order valence-electron chi connectivity index (χ4n) is 2.26. The minimum Gasteiger partial charge on any atom is -0.406 e. The van der Waals surface area contributed by atoms with E-state index in [2.05, 4.69) is 50.1 Å². The highest BCUT2D eigenvalue weighted by Crippen LogP contribution is 2.31. The van der Waals surface area contributed by atoms with E-state index in [1.807, 2.05) is 0 Å². The molecule has 1 saturated heterocycles. The topological polar surface area (TPSA) is 12.5 Å². The Balaban J connectivity index is 2.14. The number of hydrogen-bond acceptors (Lipinski definition) is 2. The molecule has 1 aromatic carbocycles. The lowest BCUT2D eigenvalue weighted by molar-refractivity contribution is -0.0732. The molecule has 0 saturated carbocycles. The summed E-state index contributed by atoms with van der Waals surface area (Å²) >= 11 is 0. The predicted octanol–water partition coefficient (Wildman–Crippen LogP) is 3.76. The first-order valence-corrected chi connectivity index (χ1v) is 6.60. The third-order valence-electron chi connectivity index (χ3n) is 3.24. The van der Waals surface area contributed by atoms with Gasteiger partial charge in [-0.3, -0.25) is 0 Å². The van der Waals surface area contributed by atoms with Crippen molar-refractivity contribution in [1.82, 2.24) is 5.06 Å². The number of rotatable bonds is 2. The minimum atomic E-state index is 0.131. The third kappa shape index (κ3) is 3.22. The number of piperidine rings is 1. The normalized spacial score (nSPS) is 18.1. The van der Waals surface area contributed by atoms with Gasteiger partial charge in [-0.2, -0.15) is 0 Å². The lowest BCUT2D eigenvalue weighted by Gasteiger charge is -2.29. The minimum absolute atomic E-state index is 0.131. The molecule has 0 unspecified atom stereocenters. The Bertz CT molecular complexity index is 361. The van der Waals surface area contributed by atoms with E-state index in [0.29, 0.717) is 0 Å². The summed E-state index contributed by atoms with van der Waals surface area (Å²) in [6, 6.07) is 8.38. The fourth-order valence-corrected chi connectivity index (χ4v) is 2.26. The van der Waals surface area contributed by atoms with Gasteiger partial charge in [-0.25, -0.2) is 0 Å². The van der Waals surface area contributed by atoms with Crippen LogP contribution in [0.2, 0.25) is 0 Å². The van der Waals surface area contributed by atoms with E-state index >= 15 is 0 Å². The summed E-state index contributed by atoms with van der Waals surface area (Å²) in [5, 5.41) is 2.11. The summed E-state index contributed by atoms with van der Waals surface area (Å²) in [5.74, 6) is 1.02. The third-order valence-corrected chi connectivity index (χ3v) is 3.24. The Morgan fingerprint density at radius 3 is 2.29 bits per heavy atom. The van der Waals surface area contributed by atoms with Crippen LogP contribution in [0, 0.1) is 0 Å². The van der Waals surface area contributed by atoms with Gasteiger partial charge in [0.1, 0.15) is 0 Å². The molecule has 2 rings (SSSR count). The lowest BCUT2D eigenvalue weighted by atomic mass is 9.86. The van der Waals surface area contributed by atoms with Gasteiger partial charge in [-0.05, 0) is 24.3 Å². The predicted molar refractivity (Wildman–Crippen MR) is 71.2 cm³/mol. The van der Waals surface area contributed by atoms with Gasteiger partial charge in [0, 0.05) is 18.7 Å². The molecule has 0 spiro atoms. The summed E-state index contributed by atoms with van der Waals surface area (Å²) in [6.45, 7) is 8.79. The van der Waals surface area contributed by atoms with E-state index in [9.17, 15) is 0 Å². The largest absolute Gasteiger partial charge is 0.406 e. The van der Waals surface area contributed by atoms with Crippen LogP contribution in [0.15, 0.2) is 24.3 Å². The maximum Gasteiger partial charge on any atom is 0.151 e. The molecule has 0 aliphatic carbocycles. The highest BCUT2D eigenvalue weighted by Gasteiger charge is 2.20. The first-order valence-electron chi connectivity index (χ1n) is 6.60. The highest BCUT2D eigenvalue weighted by atomic mass is 16.7. The molecule has 1 fully saturated rings. The fraction of sp³-hybridized carbons (Fsp3) is 0.600. The van der Waals surface area contributed by atoms with Crippen LogP contribution in [0.1, 0.15) is 45.6 Å². The van der Waals surface area contributed by atoms with Crippen LogP contribution in [0.25, 0.3) is 0 Å². The lowest BCUT2D eigenvalue weighted by Crippen LogP contribution is -2.33. The summed E-state index contributed by atoms with van der Waals surface area (Å²) in [4.78, 5) is 6.05. The molecule has 1 aliphatic heterocycles. The van der Waals surface area contributed by atoms with E-state index in [0.717, 1.165) is 18.8 Å². The van der Waals surface area contributed by atoms with Crippen molar-refractivity contribution in [2.24, 2.45) is 0 Å². The quantitative estimate of drug-likeness (QED) is 0.771. The molecule has 0 N–H and O–H groups in total. The van der Waals surface area contributed by atoms with E-state index in [4.69, 9.17) is 4.84 Å². The van der Waals surface area contributed by atoms with Crippen LogP contribution in [-0.4, -0.2) is 18.2 Å². The van der Waals surface area contributed by atoms with Gasteiger partial charge in [0.05, 0.1) is 0 Å². The number of benzene rings is 1. The molecule has 0 amide bonds. The van der Waals surface area contributed by atoms with E-state index in [-0.39, 0.29) is 5.41 Å². The van der Waals surface area contributed by atoms with Gasteiger partial charge in [0.25, 0.3) is 0 Å². The monoisotopic (exact) mass is 233 g/mol. The highest BCUT2D eigenvalue weighted by molar-refractivity contribution is 5.38. The van der Waals surface area contributed by atoms with Crippen molar-refractivity contribution in [1.29, 1.82) is 0 Å². The summed E-state index contributed by atoms with van der Waals surface area (Å²) in [7, 11) is 0. The molecule has 0 atom stereocenters. The average Bonchev–Trinajstić information content (AvgIpc) is 2.30. The summed E-state index contributed by atoms with van der Waals surface area (Å²) in [5.41, 5.74) is 1.41. The smallest absolute Gasteiger partial charge is 0.151 e. The molecular weight excluding hydrogens is 210 g/mol. The Hall–Kier alpha value is -1.02. The van der Waals surface area contributed by atoms with Gasteiger partial charge in [0.15, 0.2) is 5.75 Å². The van der Waals surface area contributed by atoms with Crippen molar-refractivity contribution in [3.63, 3.8) is 0 Å². The van der Waals surface area contributed by atoms with E-state index in [1.54, 1.807) is 0 Å². The number of nitrogens with zero attached hydrogens (tertiary/aromatic N) is 1. The van der Waals surface area contributed by atoms with Crippen LogP contribution in [0.4, 0.5) is 0 Å². The molecule has 0 bridgehead atoms. The van der Waals surface area contributed by atoms with Crippen LogP contribution < -0.4 is 4.84 Å². The van der Waals surface area contributed by atoms with Gasteiger partial charge in [-0.1, -0.05) is 45.4 Å². The molecule has 2 heteroatoms. The van der Waals surface area contributed by atoms with Crippen molar-refractivity contribution < 1.29 is 4.84 Å². The zero-order valence-electron chi connectivity index (χ0n) is 11.2. The zero-order valence-corrected chi connectivity index (χ0v) is 11.2. The van der Waals surface area contributed by atoms with Crippen LogP contribution >= 0.6 is 0 Å². The molecule has 1 aromatic rings. The van der Waals surface area contributed by atoms with Crippen molar-refractivity contribution >= 4 is 0 Å². The first-order chi connectivity index (χ1) is 8.07. The van der Waals surface area contributed by atoms with Gasteiger partial charge in [-0.15, -0.1) is 5.06 Å². The number of hydroxylamine groups is 2. The second kappa shape index (κ2) is 5.09. The van der Waals surface area contributed by atoms with Gasteiger partial charge < -0.3 is 4.84 Å². The summed E-state index contributed by atoms with van der Waals surface area (Å²) in [6.07, 6.45) is 3.83. The average molecular weight is 233 g/mol. The number of hydrogen-bond donors (Lipinski definition) is 0. The van der Waals surface area contributed by atoms with Crippen LogP contribution in [0.3, 0.4) is 0 Å². The van der Waals surface area contributed by atoms with Crippen molar-refractivity contribution in [2.45, 2.75) is 45.4 Å². The Morgan fingerprint density at radius 1 is 1.00 bits per heavy atom. The first kappa shape index (κ1) is 12.4. The Morgan fingerprint density at radius 2 is 1.65 bits per heavy atom. The maximum atomic E-state index is 6.05. The Labute approximate surface area is 105 Å². The molecule has 17 heavy (non-hydrogen) atoms. The SMILES string of the molecule is CC(C)(C)c1ccccc1ON1CCCCC1. The molecular formula is C15H23NO. The molecule has 0 aromatic heterocycles. The van der Waals surface area contributed by atoms with Crippen LogP contribution in [-0.2, 0) is 5.41 Å². The maximum absolute atomic E-state index is 6.05. The second-order valence-corrected chi connectivity index (χ2v) is 5.83. The molecule has 94 valence electrons. The molecule has 1 aliphatic rings.